The Morgan fingerprint density at radius 2 is 1.97 bits per heavy atom. The number of anilines is 1. The summed E-state index contributed by atoms with van der Waals surface area (Å²) in [7, 11) is 0. The van der Waals surface area contributed by atoms with Crippen molar-refractivity contribution in [2.75, 3.05) is 5.32 Å². The first-order valence-corrected chi connectivity index (χ1v) is 9.04. The van der Waals surface area contributed by atoms with E-state index in [2.05, 4.69) is 20.6 Å². The van der Waals surface area contributed by atoms with Gasteiger partial charge in [-0.15, -0.1) is 0 Å². The van der Waals surface area contributed by atoms with E-state index >= 15 is 0 Å². The molecule has 7 nitrogen and oxygen atoms in total. The molecular weight excluding hydrogens is 375 g/mol. The molecule has 0 saturated carbocycles. The highest BCUT2D eigenvalue weighted by Gasteiger charge is 2.22. The quantitative estimate of drug-likeness (QED) is 0.354. The number of aromatic amines is 2. The van der Waals surface area contributed by atoms with Crippen molar-refractivity contribution in [1.82, 2.24) is 15.3 Å². The molecule has 0 unspecified atom stereocenters. The molecule has 0 saturated heterocycles. The molecule has 0 spiro atoms. The molecule has 2 aromatic heterocycles. The van der Waals surface area contributed by atoms with Gasteiger partial charge in [-0.05, 0) is 55.0 Å². The lowest BCUT2D eigenvalue weighted by atomic mass is 10.1. The van der Waals surface area contributed by atoms with E-state index in [1.165, 1.54) is 12.1 Å². The molecule has 2 heterocycles. The second-order valence-corrected chi connectivity index (χ2v) is 6.95. The maximum absolute atomic E-state index is 13.3. The van der Waals surface area contributed by atoms with E-state index in [1.807, 2.05) is 25.1 Å². The number of hydrogen-bond acceptors (Lipinski definition) is 2. The number of urea groups is 1. The third-order valence-corrected chi connectivity index (χ3v) is 4.77. The third-order valence-electron chi connectivity index (χ3n) is 4.77. The van der Waals surface area contributed by atoms with Crippen LogP contribution in [0.2, 0.25) is 0 Å². The number of carboxylic acid groups (broad SMARTS) is 1. The molecule has 148 valence electrons. The van der Waals surface area contributed by atoms with Gasteiger partial charge in [-0.1, -0.05) is 0 Å². The topological polar surface area (TPSA) is 110 Å². The summed E-state index contributed by atoms with van der Waals surface area (Å²) in [6.07, 6.45) is 1.69. The van der Waals surface area contributed by atoms with Crippen molar-refractivity contribution >= 4 is 39.5 Å². The van der Waals surface area contributed by atoms with Crippen LogP contribution in [-0.2, 0) is 11.2 Å². The summed E-state index contributed by atoms with van der Waals surface area (Å²) in [4.78, 5) is 30.1. The molecule has 29 heavy (non-hydrogen) atoms. The number of fused-ring (bicyclic) bond motifs is 2. The number of carbonyl (C=O) groups is 2. The Kier molecular flexibility index (Phi) is 4.67. The zero-order valence-corrected chi connectivity index (χ0v) is 15.5. The summed E-state index contributed by atoms with van der Waals surface area (Å²) in [5.74, 6) is -1.54. The average Bonchev–Trinajstić information content (AvgIpc) is 3.22. The van der Waals surface area contributed by atoms with Gasteiger partial charge in [-0.25, -0.2) is 14.0 Å². The lowest BCUT2D eigenvalue weighted by Gasteiger charge is -2.15. The highest BCUT2D eigenvalue weighted by molar-refractivity contribution is 5.95. The number of hydrogen-bond donors (Lipinski definition) is 5. The van der Waals surface area contributed by atoms with E-state index in [0.29, 0.717) is 22.2 Å². The molecule has 0 bridgehead atoms. The Balaban J connectivity index is 1.48. The molecular formula is C21H19FN4O3. The van der Waals surface area contributed by atoms with Crippen molar-refractivity contribution in [3.63, 3.8) is 0 Å². The van der Waals surface area contributed by atoms with Crippen molar-refractivity contribution in [3.05, 3.63) is 65.7 Å². The second-order valence-electron chi connectivity index (χ2n) is 6.95. The summed E-state index contributed by atoms with van der Waals surface area (Å²) in [6.45, 7) is 1.94. The molecule has 2 amide bonds. The normalized spacial score (nSPS) is 12.2. The number of amides is 2. The zero-order valence-electron chi connectivity index (χ0n) is 15.5. The van der Waals surface area contributed by atoms with Crippen LogP contribution in [0.3, 0.4) is 0 Å². The summed E-state index contributed by atoms with van der Waals surface area (Å²) >= 11 is 0. The zero-order chi connectivity index (χ0) is 20.5. The van der Waals surface area contributed by atoms with Crippen LogP contribution >= 0.6 is 0 Å². The number of halogens is 1. The van der Waals surface area contributed by atoms with Gasteiger partial charge in [-0.2, -0.15) is 0 Å². The summed E-state index contributed by atoms with van der Waals surface area (Å²) in [5, 5.41) is 16.3. The lowest BCUT2D eigenvalue weighted by Crippen LogP contribution is -2.44. The number of aryl methyl sites for hydroxylation is 1. The Labute approximate surface area is 164 Å². The SMILES string of the molecule is Cc1cc2cc(NC(=O)N[C@H](Cc3c[nH]c4cc(F)ccc34)C(=O)O)ccc2[nH]1. The van der Waals surface area contributed by atoms with Crippen LogP contribution in [0.5, 0.6) is 0 Å². The molecule has 8 heteroatoms. The first-order chi connectivity index (χ1) is 13.9. The summed E-state index contributed by atoms with van der Waals surface area (Å²) < 4.78 is 13.3. The van der Waals surface area contributed by atoms with Crippen LogP contribution in [0.4, 0.5) is 14.9 Å². The Bertz CT molecular complexity index is 1230. The Morgan fingerprint density at radius 3 is 2.76 bits per heavy atom. The van der Waals surface area contributed by atoms with E-state index in [4.69, 9.17) is 0 Å². The fourth-order valence-electron chi connectivity index (χ4n) is 3.43. The first kappa shape index (κ1) is 18.5. The summed E-state index contributed by atoms with van der Waals surface area (Å²) in [6, 6.07) is 9.83. The minimum absolute atomic E-state index is 0.0599. The van der Waals surface area contributed by atoms with E-state index in [0.717, 1.165) is 16.6 Å². The summed E-state index contributed by atoms with van der Waals surface area (Å²) in [5.41, 5.74) is 3.76. The van der Waals surface area contributed by atoms with Crippen molar-refractivity contribution in [3.8, 4) is 0 Å². The minimum atomic E-state index is -1.16. The minimum Gasteiger partial charge on any atom is -0.480 e. The van der Waals surface area contributed by atoms with Gasteiger partial charge in [0.1, 0.15) is 11.9 Å². The molecule has 2 aromatic carbocycles. The van der Waals surface area contributed by atoms with Gasteiger partial charge in [0.2, 0.25) is 0 Å². The Hall–Kier alpha value is -3.81. The molecule has 5 N–H and O–H groups in total. The van der Waals surface area contributed by atoms with E-state index in [-0.39, 0.29) is 12.2 Å². The van der Waals surface area contributed by atoms with E-state index in [9.17, 15) is 19.1 Å². The molecule has 0 fully saturated rings. The smallest absolute Gasteiger partial charge is 0.326 e. The molecule has 0 radical (unpaired) electrons. The van der Waals surface area contributed by atoms with Crippen molar-refractivity contribution in [1.29, 1.82) is 0 Å². The van der Waals surface area contributed by atoms with Crippen LogP contribution in [0.25, 0.3) is 21.8 Å². The van der Waals surface area contributed by atoms with Gasteiger partial charge in [0, 0.05) is 45.8 Å². The molecule has 0 aliphatic rings. The maximum Gasteiger partial charge on any atom is 0.326 e. The van der Waals surface area contributed by atoms with Crippen LogP contribution < -0.4 is 10.6 Å². The second kappa shape index (κ2) is 7.31. The van der Waals surface area contributed by atoms with Crippen LogP contribution in [0.15, 0.2) is 48.7 Å². The first-order valence-electron chi connectivity index (χ1n) is 9.04. The van der Waals surface area contributed by atoms with Crippen LogP contribution in [0.1, 0.15) is 11.3 Å². The van der Waals surface area contributed by atoms with Gasteiger partial charge in [0.25, 0.3) is 0 Å². The molecule has 4 rings (SSSR count). The van der Waals surface area contributed by atoms with Crippen molar-refractivity contribution in [2.24, 2.45) is 0 Å². The monoisotopic (exact) mass is 394 g/mol. The number of aromatic nitrogens is 2. The Morgan fingerprint density at radius 1 is 1.14 bits per heavy atom. The lowest BCUT2D eigenvalue weighted by molar-refractivity contribution is -0.139. The van der Waals surface area contributed by atoms with Gasteiger partial charge < -0.3 is 25.7 Å². The van der Waals surface area contributed by atoms with Crippen LogP contribution in [-0.4, -0.2) is 33.1 Å². The van der Waals surface area contributed by atoms with Crippen LogP contribution in [0, 0.1) is 12.7 Å². The van der Waals surface area contributed by atoms with Gasteiger partial charge in [-0.3, -0.25) is 0 Å². The van der Waals surface area contributed by atoms with E-state index < -0.39 is 18.0 Å². The highest BCUT2D eigenvalue weighted by atomic mass is 19.1. The number of rotatable bonds is 5. The standard InChI is InChI=1S/C21H19FN4O3/c1-11-6-12-7-15(3-5-17(12)24-11)25-21(29)26-19(20(27)28)8-13-10-23-18-9-14(22)2-4-16(13)18/h2-7,9-10,19,23-24H,8H2,1H3,(H,27,28)(H2,25,26,29)/t19-/m1/s1. The molecule has 1 atom stereocenters. The van der Waals surface area contributed by atoms with E-state index in [1.54, 1.807) is 18.3 Å². The average molecular weight is 394 g/mol. The maximum atomic E-state index is 13.3. The molecule has 0 aliphatic carbocycles. The third kappa shape index (κ3) is 3.91. The number of carboxylic acids is 1. The fraction of sp³-hybridized carbons (Fsp3) is 0.143. The number of carbonyl (C=O) groups excluding carboxylic acids is 1. The number of nitrogens with one attached hydrogen (secondary N) is 4. The highest BCUT2D eigenvalue weighted by Crippen LogP contribution is 2.21. The number of H-pyrrole nitrogens is 2. The predicted molar refractivity (Wildman–Crippen MR) is 109 cm³/mol. The van der Waals surface area contributed by atoms with Crippen molar-refractivity contribution in [2.45, 2.75) is 19.4 Å². The number of aliphatic carboxylic acids is 1. The van der Waals surface area contributed by atoms with Gasteiger partial charge in [0.15, 0.2) is 0 Å². The van der Waals surface area contributed by atoms with Gasteiger partial charge >= 0.3 is 12.0 Å². The predicted octanol–water partition coefficient (Wildman–Crippen LogP) is 3.91. The molecule has 4 aromatic rings. The largest absolute Gasteiger partial charge is 0.480 e. The molecule has 0 aliphatic heterocycles. The van der Waals surface area contributed by atoms with Crippen molar-refractivity contribution < 1.29 is 19.1 Å². The van der Waals surface area contributed by atoms with Gasteiger partial charge in [0.05, 0.1) is 0 Å². The fourth-order valence-corrected chi connectivity index (χ4v) is 3.43. The number of benzene rings is 2.